The fraction of sp³-hybridized carbons (Fsp3) is 0.611. The first-order valence-corrected chi connectivity index (χ1v) is 8.20. The lowest BCUT2D eigenvalue weighted by molar-refractivity contribution is 0.189. The normalized spacial score (nSPS) is 12.7. The van der Waals surface area contributed by atoms with Crippen molar-refractivity contribution in [3.63, 3.8) is 0 Å². The number of carbonyl (C=O) groups excluding carboxylic acids is 1. The zero-order valence-electron chi connectivity index (χ0n) is 14.6. The Morgan fingerprint density at radius 1 is 1.09 bits per heavy atom. The molecule has 0 fully saturated rings. The van der Waals surface area contributed by atoms with Crippen LogP contribution in [-0.2, 0) is 6.54 Å². The van der Waals surface area contributed by atoms with E-state index in [1.807, 2.05) is 6.07 Å². The molecule has 2 N–H and O–H groups in total. The standard InChI is InChI=1S/C18H31N3O/c1-14(2)11-19-18(22)20-16(5)12-21(15(3)4)13-17-9-7-6-8-10-17/h6-10,14-16H,11-13H2,1-5H3,(H2,19,20,22). The van der Waals surface area contributed by atoms with Gasteiger partial charge in [-0.15, -0.1) is 0 Å². The lowest BCUT2D eigenvalue weighted by Gasteiger charge is -2.29. The summed E-state index contributed by atoms with van der Waals surface area (Å²) in [5.74, 6) is 0.464. The molecule has 124 valence electrons. The summed E-state index contributed by atoms with van der Waals surface area (Å²) in [7, 11) is 0. The molecule has 0 heterocycles. The predicted molar refractivity (Wildman–Crippen MR) is 92.8 cm³/mol. The van der Waals surface area contributed by atoms with Crippen LogP contribution < -0.4 is 10.6 Å². The fourth-order valence-corrected chi connectivity index (χ4v) is 2.24. The third-order valence-electron chi connectivity index (χ3n) is 3.52. The van der Waals surface area contributed by atoms with Crippen LogP contribution in [0.4, 0.5) is 4.79 Å². The van der Waals surface area contributed by atoms with Gasteiger partial charge < -0.3 is 10.6 Å². The van der Waals surface area contributed by atoms with Crippen molar-refractivity contribution in [2.75, 3.05) is 13.1 Å². The average Bonchev–Trinajstić information content (AvgIpc) is 2.45. The van der Waals surface area contributed by atoms with E-state index in [4.69, 9.17) is 0 Å². The largest absolute Gasteiger partial charge is 0.338 e. The van der Waals surface area contributed by atoms with E-state index >= 15 is 0 Å². The van der Waals surface area contributed by atoms with Crippen LogP contribution in [0.2, 0.25) is 0 Å². The molecule has 0 saturated heterocycles. The summed E-state index contributed by atoms with van der Waals surface area (Å²) in [6.07, 6.45) is 0. The first-order chi connectivity index (χ1) is 10.4. The number of nitrogens with zero attached hydrogens (tertiary/aromatic N) is 1. The van der Waals surface area contributed by atoms with E-state index < -0.39 is 0 Å². The van der Waals surface area contributed by atoms with Crippen molar-refractivity contribution in [3.8, 4) is 0 Å². The monoisotopic (exact) mass is 305 g/mol. The Labute approximate surface area is 135 Å². The van der Waals surface area contributed by atoms with Crippen LogP contribution in [0.15, 0.2) is 30.3 Å². The number of rotatable bonds is 8. The van der Waals surface area contributed by atoms with E-state index in [1.54, 1.807) is 0 Å². The minimum absolute atomic E-state index is 0.0791. The van der Waals surface area contributed by atoms with Gasteiger partial charge in [0.2, 0.25) is 0 Å². The molecular weight excluding hydrogens is 274 g/mol. The summed E-state index contributed by atoms with van der Waals surface area (Å²) in [6.45, 7) is 13.0. The molecule has 0 aromatic heterocycles. The number of hydrogen-bond donors (Lipinski definition) is 2. The fourth-order valence-electron chi connectivity index (χ4n) is 2.24. The second-order valence-corrected chi connectivity index (χ2v) is 6.66. The molecule has 0 bridgehead atoms. The third kappa shape index (κ3) is 7.46. The Morgan fingerprint density at radius 2 is 1.73 bits per heavy atom. The van der Waals surface area contributed by atoms with Gasteiger partial charge in [-0.25, -0.2) is 4.79 Å². The molecule has 1 aromatic rings. The van der Waals surface area contributed by atoms with E-state index in [0.717, 1.165) is 13.1 Å². The van der Waals surface area contributed by atoms with Crippen molar-refractivity contribution < 1.29 is 4.79 Å². The molecule has 4 nitrogen and oxygen atoms in total. The van der Waals surface area contributed by atoms with Gasteiger partial charge in [0, 0.05) is 31.7 Å². The molecule has 0 aliphatic carbocycles. The second kappa shape index (κ2) is 9.46. The Hall–Kier alpha value is -1.55. The maximum absolute atomic E-state index is 11.8. The van der Waals surface area contributed by atoms with Gasteiger partial charge in [-0.1, -0.05) is 44.2 Å². The Kier molecular flexibility index (Phi) is 7.96. The highest BCUT2D eigenvalue weighted by molar-refractivity contribution is 5.74. The Morgan fingerprint density at radius 3 is 2.27 bits per heavy atom. The second-order valence-electron chi connectivity index (χ2n) is 6.66. The maximum atomic E-state index is 11.8. The molecule has 22 heavy (non-hydrogen) atoms. The lowest BCUT2D eigenvalue weighted by Crippen LogP contribution is -2.48. The van der Waals surface area contributed by atoms with Crippen LogP contribution in [0.5, 0.6) is 0 Å². The van der Waals surface area contributed by atoms with E-state index in [-0.39, 0.29) is 12.1 Å². The predicted octanol–water partition coefficient (Wildman–Crippen LogP) is 3.24. The van der Waals surface area contributed by atoms with E-state index in [2.05, 4.69) is 74.4 Å². The zero-order valence-corrected chi connectivity index (χ0v) is 14.6. The summed E-state index contributed by atoms with van der Waals surface area (Å²) in [4.78, 5) is 14.2. The van der Waals surface area contributed by atoms with Crippen molar-refractivity contribution in [3.05, 3.63) is 35.9 Å². The molecule has 2 amide bonds. The van der Waals surface area contributed by atoms with E-state index in [0.29, 0.717) is 18.5 Å². The van der Waals surface area contributed by atoms with E-state index in [1.165, 1.54) is 5.56 Å². The van der Waals surface area contributed by atoms with Gasteiger partial charge in [0.25, 0.3) is 0 Å². The molecular formula is C18H31N3O. The van der Waals surface area contributed by atoms with Crippen LogP contribution in [0.1, 0.15) is 40.2 Å². The molecule has 0 saturated carbocycles. The number of carbonyl (C=O) groups is 1. The molecule has 0 radical (unpaired) electrons. The van der Waals surface area contributed by atoms with E-state index in [9.17, 15) is 4.79 Å². The smallest absolute Gasteiger partial charge is 0.315 e. The number of amides is 2. The maximum Gasteiger partial charge on any atom is 0.315 e. The van der Waals surface area contributed by atoms with Gasteiger partial charge in [0.05, 0.1) is 0 Å². The van der Waals surface area contributed by atoms with Gasteiger partial charge in [0.15, 0.2) is 0 Å². The van der Waals surface area contributed by atoms with Gasteiger partial charge in [-0.2, -0.15) is 0 Å². The highest BCUT2D eigenvalue weighted by atomic mass is 16.2. The van der Waals surface area contributed by atoms with Crippen molar-refractivity contribution in [2.45, 2.75) is 53.2 Å². The summed E-state index contributed by atoms with van der Waals surface area (Å²) >= 11 is 0. The van der Waals surface area contributed by atoms with Gasteiger partial charge in [0.1, 0.15) is 0 Å². The highest BCUT2D eigenvalue weighted by Gasteiger charge is 2.15. The summed E-state index contributed by atoms with van der Waals surface area (Å²) < 4.78 is 0. The van der Waals surface area contributed by atoms with Crippen LogP contribution in [0.3, 0.4) is 0 Å². The summed E-state index contributed by atoms with van der Waals surface area (Å²) in [6, 6.07) is 10.9. The molecule has 0 aliphatic heterocycles. The quantitative estimate of drug-likeness (QED) is 0.774. The van der Waals surface area contributed by atoms with Gasteiger partial charge in [-0.3, -0.25) is 4.90 Å². The van der Waals surface area contributed by atoms with Gasteiger partial charge >= 0.3 is 6.03 Å². The molecule has 0 aliphatic rings. The zero-order chi connectivity index (χ0) is 16.5. The topological polar surface area (TPSA) is 44.4 Å². The molecule has 1 rings (SSSR count). The van der Waals surface area contributed by atoms with Crippen LogP contribution in [0, 0.1) is 5.92 Å². The molecule has 1 aromatic carbocycles. The third-order valence-corrected chi connectivity index (χ3v) is 3.52. The number of benzene rings is 1. The minimum Gasteiger partial charge on any atom is -0.338 e. The molecule has 1 atom stereocenters. The van der Waals surface area contributed by atoms with Crippen molar-refractivity contribution >= 4 is 6.03 Å². The SMILES string of the molecule is CC(C)CNC(=O)NC(C)CN(Cc1ccccc1)C(C)C. The molecule has 4 heteroatoms. The highest BCUT2D eigenvalue weighted by Crippen LogP contribution is 2.08. The first kappa shape index (κ1) is 18.5. The number of nitrogens with one attached hydrogen (secondary N) is 2. The Balaban J connectivity index is 2.47. The van der Waals surface area contributed by atoms with Crippen LogP contribution in [0.25, 0.3) is 0 Å². The minimum atomic E-state index is -0.0791. The summed E-state index contributed by atoms with van der Waals surface area (Å²) in [5, 5.41) is 5.91. The first-order valence-electron chi connectivity index (χ1n) is 8.20. The van der Waals surface area contributed by atoms with Crippen molar-refractivity contribution in [2.24, 2.45) is 5.92 Å². The number of urea groups is 1. The summed E-state index contributed by atoms with van der Waals surface area (Å²) in [5.41, 5.74) is 1.30. The Bertz CT molecular complexity index is 431. The average molecular weight is 305 g/mol. The van der Waals surface area contributed by atoms with Gasteiger partial charge in [-0.05, 0) is 32.3 Å². The molecule has 0 spiro atoms. The van der Waals surface area contributed by atoms with Crippen molar-refractivity contribution in [1.29, 1.82) is 0 Å². The lowest BCUT2D eigenvalue weighted by atomic mass is 10.1. The molecule has 1 unspecified atom stereocenters. The number of hydrogen-bond acceptors (Lipinski definition) is 2. The van der Waals surface area contributed by atoms with Crippen LogP contribution >= 0.6 is 0 Å². The van der Waals surface area contributed by atoms with Crippen LogP contribution in [-0.4, -0.2) is 36.1 Å². The van der Waals surface area contributed by atoms with Crippen molar-refractivity contribution in [1.82, 2.24) is 15.5 Å².